The van der Waals surface area contributed by atoms with E-state index in [2.05, 4.69) is 112 Å². The van der Waals surface area contributed by atoms with Gasteiger partial charge in [0.05, 0.1) is 0 Å². The molecular formula is C25H21B. The molecule has 0 aliphatic heterocycles. The van der Waals surface area contributed by atoms with Crippen molar-refractivity contribution in [3.63, 3.8) is 0 Å². The summed E-state index contributed by atoms with van der Waals surface area (Å²) < 4.78 is 0. The highest BCUT2D eigenvalue weighted by atomic mass is 14.1. The van der Waals surface area contributed by atoms with Gasteiger partial charge in [0.15, 0.2) is 0 Å². The van der Waals surface area contributed by atoms with Gasteiger partial charge in [0, 0.05) is 0 Å². The number of aryl methyl sites for hydroxylation is 1. The summed E-state index contributed by atoms with van der Waals surface area (Å²) >= 11 is 0. The van der Waals surface area contributed by atoms with Crippen molar-refractivity contribution >= 4 is 13.3 Å². The van der Waals surface area contributed by atoms with E-state index in [4.69, 9.17) is 0 Å². The van der Waals surface area contributed by atoms with E-state index in [0.29, 0.717) is 0 Å². The molecule has 0 bridgehead atoms. The Balaban J connectivity index is 1.75. The third-order valence-corrected chi connectivity index (χ3v) is 4.76. The average Bonchev–Trinajstić information content (AvgIpc) is 2.68. The first-order chi connectivity index (χ1) is 12.7. The van der Waals surface area contributed by atoms with Crippen LogP contribution in [0.3, 0.4) is 0 Å². The summed E-state index contributed by atoms with van der Waals surface area (Å²) in [5.74, 6) is 0. The van der Waals surface area contributed by atoms with Gasteiger partial charge >= 0.3 is 0 Å². The van der Waals surface area contributed by atoms with Gasteiger partial charge in [-0.05, 0) is 52.4 Å². The van der Waals surface area contributed by atoms with Gasteiger partial charge in [-0.3, -0.25) is 0 Å². The van der Waals surface area contributed by atoms with Gasteiger partial charge in [0.2, 0.25) is 0 Å². The Bertz CT molecular complexity index is 976. The van der Waals surface area contributed by atoms with Crippen molar-refractivity contribution in [3.05, 3.63) is 103 Å². The molecular weight excluding hydrogens is 311 g/mol. The van der Waals surface area contributed by atoms with Gasteiger partial charge in [-0.15, -0.1) is 0 Å². The average molecular weight is 332 g/mol. The highest BCUT2D eigenvalue weighted by Gasteiger charge is 2.04. The van der Waals surface area contributed by atoms with Crippen molar-refractivity contribution in [2.45, 2.75) is 6.92 Å². The summed E-state index contributed by atoms with van der Waals surface area (Å²) in [6.07, 6.45) is 0. The van der Waals surface area contributed by atoms with E-state index in [9.17, 15) is 0 Å². The molecule has 0 aromatic heterocycles. The fraction of sp³-hybridized carbons (Fsp3) is 0.0400. The van der Waals surface area contributed by atoms with E-state index in [1.165, 1.54) is 44.4 Å². The standard InChI is InChI=1S/C25H21B/c1-18-6-2-7-19(14-18)20-8-3-9-21(15-20)22-10-4-11-23(16-22)24-12-5-13-25(26)17-24/h2-17H,26H2,1H3. The SMILES string of the molecule is Bc1cccc(-c2cccc(-c3cccc(-c4cccc(C)c4)c3)c2)c1. The predicted octanol–water partition coefficient (Wildman–Crippen LogP) is 5.25. The lowest BCUT2D eigenvalue weighted by Crippen LogP contribution is -2.00. The molecule has 26 heavy (non-hydrogen) atoms. The van der Waals surface area contributed by atoms with Crippen LogP contribution in [0.5, 0.6) is 0 Å². The second-order valence-electron chi connectivity index (χ2n) is 6.90. The molecule has 0 amide bonds. The Morgan fingerprint density at radius 1 is 0.462 bits per heavy atom. The highest BCUT2D eigenvalue weighted by molar-refractivity contribution is 6.32. The molecule has 0 saturated carbocycles. The number of benzene rings is 4. The topological polar surface area (TPSA) is 0 Å². The lowest BCUT2D eigenvalue weighted by molar-refractivity contribution is 1.47. The Morgan fingerprint density at radius 2 is 0.846 bits per heavy atom. The fourth-order valence-corrected chi connectivity index (χ4v) is 3.41. The largest absolute Gasteiger partial charge is 0.139 e. The van der Waals surface area contributed by atoms with Crippen molar-refractivity contribution in [1.82, 2.24) is 0 Å². The first-order valence-corrected chi connectivity index (χ1v) is 9.04. The van der Waals surface area contributed by atoms with Gasteiger partial charge < -0.3 is 0 Å². The van der Waals surface area contributed by atoms with Gasteiger partial charge in [0.25, 0.3) is 0 Å². The molecule has 0 aliphatic rings. The van der Waals surface area contributed by atoms with Crippen LogP contribution in [0.1, 0.15) is 5.56 Å². The van der Waals surface area contributed by atoms with Gasteiger partial charge in [0.1, 0.15) is 7.85 Å². The van der Waals surface area contributed by atoms with Crippen molar-refractivity contribution in [1.29, 1.82) is 0 Å². The minimum absolute atomic E-state index is 1.25. The summed E-state index contributed by atoms with van der Waals surface area (Å²) in [5.41, 5.74) is 10.1. The number of rotatable bonds is 3. The molecule has 0 heterocycles. The maximum Gasteiger partial charge on any atom is 0.139 e. The molecule has 1 heteroatoms. The maximum absolute atomic E-state index is 2.28. The van der Waals surface area contributed by atoms with Gasteiger partial charge in [-0.1, -0.05) is 96.0 Å². The van der Waals surface area contributed by atoms with Crippen LogP contribution in [0.15, 0.2) is 97.1 Å². The number of hydrogen-bond donors (Lipinski definition) is 0. The van der Waals surface area contributed by atoms with E-state index in [0.717, 1.165) is 0 Å². The summed E-state index contributed by atoms with van der Waals surface area (Å²) in [6.45, 7) is 2.14. The highest BCUT2D eigenvalue weighted by Crippen LogP contribution is 2.29. The van der Waals surface area contributed by atoms with E-state index in [1.54, 1.807) is 0 Å². The molecule has 0 saturated heterocycles. The lowest BCUT2D eigenvalue weighted by atomic mass is 9.91. The molecule has 0 fully saturated rings. The lowest BCUT2D eigenvalue weighted by Gasteiger charge is -2.09. The zero-order valence-corrected chi connectivity index (χ0v) is 15.2. The van der Waals surface area contributed by atoms with E-state index < -0.39 is 0 Å². The first kappa shape index (κ1) is 16.4. The van der Waals surface area contributed by atoms with E-state index in [-0.39, 0.29) is 0 Å². The number of hydrogen-bond acceptors (Lipinski definition) is 0. The Kier molecular flexibility index (Phi) is 4.45. The molecule has 0 nitrogen and oxygen atoms in total. The minimum Gasteiger partial charge on any atom is -0.0884 e. The van der Waals surface area contributed by atoms with Crippen molar-refractivity contribution in [3.8, 4) is 33.4 Å². The van der Waals surface area contributed by atoms with Crippen molar-refractivity contribution < 1.29 is 0 Å². The zero-order chi connectivity index (χ0) is 17.9. The van der Waals surface area contributed by atoms with E-state index >= 15 is 0 Å². The Hall–Kier alpha value is -3.06. The van der Waals surface area contributed by atoms with Crippen LogP contribution < -0.4 is 5.46 Å². The molecule has 0 aliphatic carbocycles. The molecule has 0 N–H and O–H groups in total. The van der Waals surface area contributed by atoms with Crippen LogP contribution in [-0.4, -0.2) is 7.85 Å². The van der Waals surface area contributed by atoms with Crippen LogP contribution in [0, 0.1) is 6.92 Å². The monoisotopic (exact) mass is 332 g/mol. The molecule has 0 radical (unpaired) electrons. The first-order valence-electron chi connectivity index (χ1n) is 9.04. The normalized spacial score (nSPS) is 10.7. The molecule has 4 aromatic carbocycles. The Labute approximate surface area is 156 Å². The maximum atomic E-state index is 2.28. The summed E-state index contributed by atoms with van der Waals surface area (Å²) in [7, 11) is 2.14. The molecule has 0 atom stereocenters. The Morgan fingerprint density at radius 3 is 1.31 bits per heavy atom. The zero-order valence-electron chi connectivity index (χ0n) is 15.2. The molecule has 4 rings (SSSR count). The van der Waals surface area contributed by atoms with Crippen LogP contribution in [0.2, 0.25) is 0 Å². The summed E-state index contributed by atoms with van der Waals surface area (Å²) in [6, 6.07) is 34.9. The fourth-order valence-electron chi connectivity index (χ4n) is 3.41. The summed E-state index contributed by atoms with van der Waals surface area (Å²) in [5, 5.41) is 0. The summed E-state index contributed by atoms with van der Waals surface area (Å²) in [4.78, 5) is 0. The van der Waals surface area contributed by atoms with E-state index in [1.807, 2.05) is 0 Å². The van der Waals surface area contributed by atoms with Crippen LogP contribution in [-0.2, 0) is 0 Å². The molecule has 4 aromatic rings. The van der Waals surface area contributed by atoms with Crippen LogP contribution >= 0.6 is 0 Å². The van der Waals surface area contributed by atoms with Crippen LogP contribution in [0.4, 0.5) is 0 Å². The smallest absolute Gasteiger partial charge is 0.0884 e. The van der Waals surface area contributed by atoms with Crippen LogP contribution in [0.25, 0.3) is 33.4 Å². The second kappa shape index (κ2) is 7.05. The second-order valence-corrected chi connectivity index (χ2v) is 6.90. The van der Waals surface area contributed by atoms with Gasteiger partial charge in [-0.25, -0.2) is 0 Å². The van der Waals surface area contributed by atoms with Crippen molar-refractivity contribution in [2.75, 3.05) is 0 Å². The minimum atomic E-state index is 1.25. The quantitative estimate of drug-likeness (QED) is 0.449. The third kappa shape index (κ3) is 3.48. The van der Waals surface area contributed by atoms with Crippen molar-refractivity contribution in [2.24, 2.45) is 0 Å². The molecule has 124 valence electrons. The third-order valence-electron chi connectivity index (χ3n) is 4.76. The molecule has 0 unspecified atom stereocenters. The predicted molar refractivity (Wildman–Crippen MR) is 116 cm³/mol. The molecule has 0 spiro atoms. The van der Waals surface area contributed by atoms with Gasteiger partial charge in [-0.2, -0.15) is 0 Å².